The van der Waals surface area contributed by atoms with Gasteiger partial charge < -0.3 is 0 Å². The summed E-state index contributed by atoms with van der Waals surface area (Å²) in [4.78, 5) is 0. The van der Waals surface area contributed by atoms with Crippen LogP contribution in [0.2, 0.25) is 0 Å². The van der Waals surface area contributed by atoms with Gasteiger partial charge in [-0.1, -0.05) is 0 Å². The van der Waals surface area contributed by atoms with Gasteiger partial charge in [0.2, 0.25) is 0 Å². The fraction of sp³-hybridized carbons (Fsp3) is 0.500. The van der Waals surface area contributed by atoms with Crippen LogP contribution in [0.4, 0.5) is 0 Å². The largest absolute Gasteiger partial charge is 0.122 e. The second kappa shape index (κ2) is 4.55. The molecule has 0 nitrogen and oxygen atoms in total. The van der Waals surface area contributed by atoms with Gasteiger partial charge in [0, 0.05) is 11.8 Å². The number of benzene rings is 1. The molecular formula is C12H16Cl2. The standard InChI is InChI=1S/C12H16Cl2/c1-7-8(2)10(4)12(6-14)11(5-13)9(7)3/h5-6H2,1-4H3. The smallest absolute Gasteiger partial charge is 0.0480 e. The van der Waals surface area contributed by atoms with Crippen molar-refractivity contribution in [3.63, 3.8) is 0 Å². The minimum Gasteiger partial charge on any atom is -0.122 e. The third-order valence-electron chi connectivity index (χ3n) is 3.22. The molecule has 0 heterocycles. The van der Waals surface area contributed by atoms with E-state index in [4.69, 9.17) is 23.2 Å². The summed E-state index contributed by atoms with van der Waals surface area (Å²) in [6, 6.07) is 0. The molecule has 0 fully saturated rings. The molecule has 1 rings (SSSR count). The molecule has 0 amide bonds. The fourth-order valence-electron chi connectivity index (χ4n) is 1.83. The maximum atomic E-state index is 5.95. The van der Waals surface area contributed by atoms with E-state index in [9.17, 15) is 0 Å². The zero-order valence-corrected chi connectivity index (χ0v) is 10.7. The Hall–Kier alpha value is -0.200. The quantitative estimate of drug-likeness (QED) is 0.662. The summed E-state index contributed by atoms with van der Waals surface area (Å²) in [7, 11) is 0. The number of alkyl halides is 2. The predicted octanol–water partition coefficient (Wildman–Crippen LogP) is 4.40. The van der Waals surface area contributed by atoms with Crippen LogP contribution in [-0.4, -0.2) is 0 Å². The highest BCUT2D eigenvalue weighted by Gasteiger charge is 2.13. The maximum absolute atomic E-state index is 5.95. The van der Waals surface area contributed by atoms with Crippen molar-refractivity contribution in [2.45, 2.75) is 39.5 Å². The molecule has 0 radical (unpaired) electrons. The SMILES string of the molecule is Cc1c(C)c(C)c(CCl)c(CCl)c1C. The highest BCUT2D eigenvalue weighted by molar-refractivity contribution is 6.19. The summed E-state index contributed by atoms with van der Waals surface area (Å²) < 4.78 is 0. The van der Waals surface area contributed by atoms with Crippen molar-refractivity contribution < 1.29 is 0 Å². The van der Waals surface area contributed by atoms with Crippen LogP contribution in [0.5, 0.6) is 0 Å². The van der Waals surface area contributed by atoms with Gasteiger partial charge in [0.15, 0.2) is 0 Å². The van der Waals surface area contributed by atoms with E-state index in [1.165, 1.54) is 33.4 Å². The van der Waals surface area contributed by atoms with E-state index in [0.29, 0.717) is 11.8 Å². The van der Waals surface area contributed by atoms with Gasteiger partial charge in [-0.2, -0.15) is 0 Å². The Morgan fingerprint density at radius 1 is 0.643 bits per heavy atom. The van der Waals surface area contributed by atoms with Crippen LogP contribution in [0, 0.1) is 27.7 Å². The lowest BCUT2D eigenvalue weighted by Gasteiger charge is -2.17. The Balaban J connectivity index is 3.57. The molecule has 14 heavy (non-hydrogen) atoms. The van der Waals surface area contributed by atoms with Crippen molar-refractivity contribution in [2.24, 2.45) is 0 Å². The minimum atomic E-state index is 0.551. The van der Waals surface area contributed by atoms with Gasteiger partial charge in [-0.05, 0) is 61.1 Å². The molecule has 0 saturated carbocycles. The van der Waals surface area contributed by atoms with Gasteiger partial charge in [-0.3, -0.25) is 0 Å². The minimum absolute atomic E-state index is 0.551. The average molecular weight is 231 g/mol. The summed E-state index contributed by atoms with van der Waals surface area (Å²) >= 11 is 11.9. The summed E-state index contributed by atoms with van der Waals surface area (Å²) in [6.07, 6.45) is 0. The van der Waals surface area contributed by atoms with Crippen LogP contribution < -0.4 is 0 Å². The molecule has 0 aliphatic rings. The van der Waals surface area contributed by atoms with Crippen molar-refractivity contribution in [3.8, 4) is 0 Å². The van der Waals surface area contributed by atoms with Crippen LogP contribution in [0.1, 0.15) is 33.4 Å². The molecule has 0 aliphatic heterocycles. The lowest BCUT2D eigenvalue weighted by atomic mass is 9.90. The number of rotatable bonds is 2. The van der Waals surface area contributed by atoms with Crippen LogP contribution in [0.3, 0.4) is 0 Å². The normalized spacial score (nSPS) is 10.7. The van der Waals surface area contributed by atoms with E-state index in [-0.39, 0.29) is 0 Å². The van der Waals surface area contributed by atoms with Crippen molar-refractivity contribution in [2.75, 3.05) is 0 Å². The molecular weight excluding hydrogens is 215 g/mol. The Labute approximate surface area is 96.2 Å². The van der Waals surface area contributed by atoms with Gasteiger partial charge in [-0.15, -0.1) is 23.2 Å². The predicted molar refractivity (Wildman–Crippen MR) is 64.5 cm³/mol. The summed E-state index contributed by atoms with van der Waals surface area (Å²) in [5.41, 5.74) is 7.68. The second-order valence-corrected chi connectivity index (χ2v) is 4.26. The van der Waals surface area contributed by atoms with Gasteiger partial charge in [-0.25, -0.2) is 0 Å². The first kappa shape index (κ1) is 11.9. The highest BCUT2D eigenvalue weighted by atomic mass is 35.5. The average Bonchev–Trinajstić information content (AvgIpc) is 2.20. The molecule has 0 aliphatic carbocycles. The zero-order chi connectivity index (χ0) is 10.9. The van der Waals surface area contributed by atoms with Crippen LogP contribution in [-0.2, 0) is 11.8 Å². The Kier molecular flexibility index (Phi) is 3.86. The molecule has 0 spiro atoms. The van der Waals surface area contributed by atoms with E-state index in [1.807, 2.05) is 0 Å². The highest BCUT2D eigenvalue weighted by Crippen LogP contribution is 2.28. The monoisotopic (exact) mass is 230 g/mol. The summed E-state index contributed by atoms with van der Waals surface area (Å²) in [5, 5.41) is 0. The Morgan fingerprint density at radius 3 is 1.14 bits per heavy atom. The van der Waals surface area contributed by atoms with Crippen molar-refractivity contribution in [1.29, 1.82) is 0 Å². The van der Waals surface area contributed by atoms with Crippen molar-refractivity contribution in [3.05, 3.63) is 33.4 Å². The topological polar surface area (TPSA) is 0 Å². The first-order chi connectivity index (χ1) is 6.54. The van der Waals surface area contributed by atoms with Crippen molar-refractivity contribution in [1.82, 2.24) is 0 Å². The molecule has 1 aromatic carbocycles. The molecule has 78 valence electrons. The van der Waals surface area contributed by atoms with E-state index in [1.54, 1.807) is 0 Å². The van der Waals surface area contributed by atoms with Crippen molar-refractivity contribution >= 4 is 23.2 Å². The third-order valence-corrected chi connectivity index (χ3v) is 3.76. The number of hydrogen-bond donors (Lipinski definition) is 0. The van der Waals surface area contributed by atoms with Gasteiger partial charge in [0.05, 0.1) is 0 Å². The molecule has 0 unspecified atom stereocenters. The lowest BCUT2D eigenvalue weighted by molar-refractivity contribution is 1.10. The molecule has 1 aromatic rings. The molecule has 0 saturated heterocycles. The van der Waals surface area contributed by atoms with Crippen LogP contribution in [0.15, 0.2) is 0 Å². The van der Waals surface area contributed by atoms with E-state index >= 15 is 0 Å². The zero-order valence-electron chi connectivity index (χ0n) is 9.17. The second-order valence-electron chi connectivity index (χ2n) is 3.72. The number of hydrogen-bond acceptors (Lipinski definition) is 0. The van der Waals surface area contributed by atoms with Gasteiger partial charge in [0.1, 0.15) is 0 Å². The van der Waals surface area contributed by atoms with E-state index < -0.39 is 0 Å². The maximum Gasteiger partial charge on any atom is 0.0480 e. The van der Waals surface area contributed by atoms with Crippen LogP contribution in [0.25, 0.3) is 0 Å². The lowest BCUT2D eigenvalue weighted by Crippen LogP contribution is -2.02. The molecule has 0 atom stereocenters. The first-order valence-corrected chi connectivity index (χ1v) is 5.81. The molecule has 0 N–H and O–H groups in total. The summed E-state index contributed by atoms with van der Waals surface area (Å²) in [6.45, 7) is 8.53. The first-order valence-electron chi connectivity index (χ1n) is 4.74. The molecule has 0 bridgehead atoms. The molecule has 2 heteroatoms. The summed E-state index contributed by atoms with van der Waals surface area (Å²) in [5.74, 6) is 1.10. The van der Waals surface area contributed by atoms with E-state index in [2.05, 4.69) is 27.7 Å². The van der Waals surface area contributed by atoms with Gasteiger partial charge >= 0.3 is 0 Å². The fourth-order valence-corrected chi connectivity index (χ4v) is 2.55. The third kappa shape index (κ3) is 1.78. The Morgan fingerprint density at radius 2 is 0.929 bits per heavy atom. The van der Waals surface area contributed by atoms with E-state index in [0.717, 1.165) is 0 Å². The van der Waals surface area contributed by atoms with Gasteiger partial charge in [0.25, 0.3) is 0 Å². The van der Waals surface area contributed by atoms with Crippen LogP contribution >= 0.6 is 23.2 Å². The Bertz CT molecular complexity index is 319. The molecule has 0 aromatic heterocycles. The number of halogens is 2.